The fourth-order valence-electron chi connectivity index (χ4n) is 2.83. The highest BCUT2D eigenvalue weighted by molar-refractivity contribution is 6.34. The van der Waals surface area contributed by atoms with E-state index in [0.717, 1.165) is 5.56 Å². The van der Waals surface area contributed by atoms with Crippen molar-refractivity contribution in [1.29, 1.82) is 0 Å². The van der Waals surface area contributed by atoms with Gasteiger partial charge in [0.1, 0.15) is 11.0 Å². The number of halogens is 2. The number of pyridine rings is 1. The van der Waals surface area contributed by atoms with Gasteiger partial charge in [0.15, 0.2) is 5.78 Å². The summed E-state index contributed by atoms with van der Waals surface area (Å²) in [5, 5.41) is 2.80. The van der Waals surface area contributed by atoms with Crippen LogP contribution in [0.3, 0.4) is 0 Å². The van der Waals surface area contributed by atoms with Crippen LogP contribution < -0.4 is 5.32 Å². The Labute approximate surface area is 167 Å². The topological polar surface area (TPSA) is 59.1 Å². The number of carbonyl (C=O) groups is 2. The van der Waals surface area contributed by atoms with Gasteiger partial charge in [-0.1, -0.05) is 23.2 Å². The van der Waals surface area contributed by atoms with Gasteiger partial charge >= 0.3 is 0 Å². The van der Waals surface area contributed by atoms with E-state index in [1.165, 1.54) is 24.3 Å². The second kappa shape index (κ2) is 8.31. The third-order valence-corrected chi connectivity index (χ3v) is 4.52. The van der Waals surface area contributed by atoms with E-state index in [0.29, 0.717) is 28.9 Å². The van der Waals surface area contributed by atoms with E-state index in [4.69, 9.17) is 11.6 Å². The molecule has 0 bridgehead atoms. The summed E-state index contributed by atoms with van der Waals surface area (Å²) in [7, 11) is 0. The van der Waals surface area contributed by atoms with Crippen LogP contribution in [-0.4, -0.2) is 23.2 Å². The van der Waals surface area contributed by atoms with Crippen molar-refractivity contribution < 1.29 is 14.0 Å². The molecule has 0 unspecified atom stereocenters. The number of amides is 1. The highest BCUT2D eigenvalue weighted by Gasteiger charge is 2.18. The van der Waals surface area contributed by atoms with Crippen molar-refractivity contribution >= 4 is 23.3 Å². The van der Waals surface area contributed by atoms with Crippen molar-refractivity contribution in [2.24, 2.45) is 0 Å². The zero-order chi connectivity index (χ0) is 20.3. The molecule has 1 N–H and O–H groups in total. The molecule has 0 saturated carbocycles. The van der Waals surface area contributed by atoms with Crippen LogP contribution in [0.15, 0.2) is 54.6 Å². The quantitative estimate of drug-likeness (QED) is 0.496. The average Bonchev–Trinajstić information content (AvgIpc) is 2.68. The summed E-state index contributed by atoms with van der Waals surface area (Å²) in [6, 6.07) is 13.9. The summed E-state index contributed by atoms with van der Waals surface area (Å²) < 4.78 is 13.1. The molecule has 0 aliphatic rings. The number of ketones is 1. The van der Waals surface area contributed by atoms with Crippen molar-refractivity contribution in [3.05, 3.63) is 87.8 Å². The van der Waals surface area contributed by atoms with Crippen LogP contribution in [0.2, 0.25) is 5.15 Å². The van der Waals surface area contributed by atoms with E-state index in [1.54, 1.807) is 18.2 Å². The largest absolute Gasteiger partial charge is 0.352 e. The number of rotatable bonds is 5. The maximum absolute atomic E-state index is 13.1. The monoisotopic (exact) mass is 396 g/mol. The molecule has 0 aliphatic heterocycles. The van der Waals surface area contributed by atoms with Crippen molar-refractivity contribution in [2.45, 2.75) is 13.8 Å². The second-order valence-corrected chi connectivity index (χ2v) is 6.64. The Kier molecular flexibility index (Phi) is 5.85. The minimum atomic E-state index is -0.423. The smallest absolute Gasteiger partial charge is 0.251 e. The Morgan fingerprint density at radius 3 is 2.36 bits per heavy atom. The van der Waals surface area contributed by atoms with Gasteiger partial charge in [-0.05, 0) is 62.4 Å². The minimum absolute atomic E-state index is 0.0233. The molecule has 4 nitrogen and oxygen atoms in total. The van der Waals surface area contributed by atoms with Gasteiger partial charge in [-0.2, -0.15) is 0 Å². The van der Waals surface area contributed by atoms with Crippen LogP contribution in [-0.2, 0) is 0 Å². The molecule has 6 heteroatoms. The standard InChI is InChI=1S/C22H18ClFN2O2/c1-3-25-22(28)16-9-4-13(2)12-18(16)19-11-10-17(21(23)26-19)20(27)14-5-7-15(24)8-6-14/h4-12H,3H2,1-2H3,(H,25,28). The van der Waals surface area contributed by atoms with Gasteiger partial charge in [-0.15, -0.1) is 0 Å². The lowest BCUT2D eigenvalue weighted by Gasteiger charge is -2.11. The molecule has 3 aromatic rings. The Balaban J connectivity index is 2.01. The number of nitrogens with one attached hydrogen (secondary N) is 1. The first-order valence-corrected chi connectivity index (χ1v) is 9.14. The summed E-state index contributed by atoms with van der Waals surface area (Å²) >= 11 is 6.28. The first kappa shape index (κ1) is 19.7. The number of hydrogen-bond acceptors (Lipinski definition) is 3. The number of hydrogen-bond donors (Lipinski definition) is 1. The molecule has 1 aromatic heterocycles. The molecule has 0 fully saturated rings. The first-order valence-electron chi connectivity index (χ1n) is 8.76. The van der Waals surface area contributed by atoms with Gasteiger partial charge < -0.3 is 5.32 Å². The molecule has 1 heterocycles. The lowest BCUT2D eigenvalue weighted by Crippen LogP contribution is -2.23. The Morgan fingerprint density at radius 2 is 1.71 bits per heavy atom. The zero-order valence-corrected chi connectivity index (χ0v) is 16.2. The van der Waals surface area contributed by atoms with Gasteiger partial charge in [0.05, 0.1) is 11.3 Å². The van der Waals surface area contributed by atoms with Crippen LogP contribution in [0.4, 0.5) is 4.39 Å². The third-order valence-electron chi connectivity index (χ3n) is 4.23. The number of carbonyl (C=O) groups excluding carboxylic acids is 2. The molecule has 0 saturated heterocycles. The van der Waals surface area contributed by atoms with Crippen LogP contribution in [0.1, 0.15) is 38.8 Å². The van der Waals surface area contributed by atoms with E-state index in [1.807, 2.05) is 26.0 Å². The normalized spacial score (nSPS) is 10.6. The molecule has 28 heavy (non-hydrogen) atoms. The van der Waals surface area contributed by atoms with Gasteiger partial charge in [0.25, 0.3) is 5.91 Å². The maximum atomic E-state index is 13.1. The van der Waals surface area contributed by atoms with E-state index >= 15 is 0 Å². The van der Waals surface area contributed by atoms with E-state index in [2.05, 4.69) is 10.3 Å². The predicted molar refractivity (Wildman–Crippen MR) is 107 cm³/mol. The van der Waals surface area contributed by atoms with Gasteiger partial charge in [-0.3, -0.25) is 9.59 Å². The lowest BCUT2D eigenvalue weighted by molar-refractivity contribution is 0.0955. The summed E-state index contributed by atoms with van der Waals surface area (Å²) in [5.41, 5.74) is 3.10. The molecule has 3 rings (SSSR count). The van der Waals surface area contributed by atoms with E-state index in [9.17, 15) is 14.0 Å². The number of nitrogens with zero attached hydrogens (tertiary/aromatic N) is 1. The number of aromatic nitrogens is 1. The fourth-order valence-corrected chi connectivity index (χ4v) is 3.07. The van der Waals surface area contributed by atoms with Gasteiger partial charge in [-0.25, -0.2) is 9.37 Å². The Bertz CT molecular complexity index is 1050. The Morgan fingerprint density at radius 1 is 1.04 bits per heavy atom. The molecule has 0 atom stereocenters. The van der Waals surface area contributed by atoms with Crippen molar-refractivity contribution in [3.63, 3.8) is 0 Å². The van der Waals surface area contributed by atoms with Crippen molar-refractivity contribution in [1.82, 2.24) is 10.3 Å². The molecular formula is C22H18ClFN2O2. The molecule has 0 aliphatic carbocycles. The molecule has 2 aromatic carbocycles. The minimum Gasteiger partial charge on any atom is -0.352 e. The molecule has 142 valence electrons. The molecule has 0 spiro atoms. The first-order chi connectivity index (χ1) is 13.4. The zero-order valence-electron chi connectivity index (χ0n) is 15.4. The van der Waals surface area contributed by atoms with Crippen molar-refractivity contribution in [2.75, 3.05) is 6.54 Å². The molecule has 0 radical (unpaired) electrons. The SMILES string of the molecule is CCNC(=O)c1ccc(C)cc1-c1ccc(C(=O)c2ccc(F)cc2)c(Cl)n1. The van der Waals surface area contributed by atoms with Crippen LogP contribution in [0.5, 0.6) is 0 Å². The summed E-state index contributed by atoms with van der Waals surface area (Å²) in [4.78, 5) is 29.3. The van der Waals surface area contributed by atoms with Gasteiger partial charge in [0.2, 0.25) is 0 Å². The fraction of sp³-hybridized carbons (Fsp3) is 0.136. The van der Waals surface area contributed by atoms with Crippen LogP contribution >= 0.6 is 11.6 Å². The van der Waals surface area contributed by atoms with Crippen LogP contribution in [0, 0.1) is 12.7 Å². The summed E-state index contributed by atoms with van der Waals surface area (Å²) in [6.45, 7) is 4.27. The number of aryl methyl sites for hydroxylation is 1. The van der Waals surface area contributed by atoms with E-state index in [-0.39, 0.29) is 22.4 Å². The molecular weight excluding hydrogens is 379 g/mol. The number of benzene rings is 2. The lowest BCUT2D eigenvalue weighted by atomic mass is 9.99. The summed E-state index contributed by atoms with van der Waals surface area (Å²) in [6.07, 6.45) is 0. The third kappa shape index (κ3) is 4.10. The van der Waals surface area contributed by atoms with Crippen LogP contribution in [0.25, 0.3) is 11.3 Å². The highest BCUT2D eigenvalue weighted by atomic mass is 35.5. The maximum Gasteiger partial charge on any atom is 0.251 e. The second-order valence-electron chi connectivity index (χ2n) is 6.28. The highest BCUT2D eigenvalue weighted by Crippen LogP contribution is 2.27. The van der Waals surface area contributed by atoms with E-state index < -0.39 is 5.82 Å². The van der Waals surface area contributed by atoms with Gasteiger partial charge in [0, 0.05) is 23.2 Å². The van der Waals surface area contributed by atoms with Crippen molar-refractivity contribution in [3.8, 4) is 11.3 Å². The summed E-state index contributed by atoms with van der Waals surface area (Å²) in [5.74, 6) is -0.979. The molecule has 1 amide bonds. The predicted octanol–water partition coefficient (Wildman–Crippen LogP) is 4.83. The average molecular weight is 397 g/mol. The Hall–Kier alpha value is -3.05.